The summed E-state index contributed by atoms with van der Waals surface area (Å²) in [7, 11) is 1.81. The molecular weight excluding hydrogens is 403 g/mol. The van der Waals surface area contributed by atoms with Crippen LogP contribution in [0.5, 0.6) is 0 Å². The first kappa shape index (κ1) is 19.7. The smallest absolute Gasteiger partial charge is 0.193 e. The third kappa shape index (κ3) is 5.99. The first-order chi connectivity index (χ1) is 10.8. The van der Waals surface area contributed by atoms with Gasteiger partial charge in [-0.3, -0.25) is 4.99 Å². The number of likely N-dealkylation sites (tertiary alicyclic amines) is 1. The number of rotatable bonds is 5. The molecule has 1 atom stereocenters. The lowest BCUT2D eigenvalue weighted by Crippen LogP contribution is -2.39. The van der Waals surface area contributed by atoms with E-state index < -0.39 is 0 Å². The molecule has 0 radical (unpaired) electrons. The van der Waals surface area contributed by atoms with Crippen LogP contribution in [0, 0.1) is 17.2 Å². The van der Waals surface area contributed by atoms with Crippen LogP contribution >= 0.6 is 24.0 Å². The van der Waals surface area contributed by atoms with E-state index in [9.17, 15) is 0 Å². The highest BCUT2D eigenvalue weighted by Gasteiger charge is 2.24. The van der Waals surface area contributed by atoms with Crippen molar-refractivity contribution in [2.24, 2.45) is 10.9 Å². The third-order valence-corrected chi connectivity index (χ3v) is 3.86. The molecule has 23 heavy (non-hydrogen) atoms. The Hall–Kier alpha value is -1.33. The van der Waals surface area contributed by atoms with Gasteiger partial charge in [0.2, 0.25) is 0 Å². The van der Waals surface area contributed by atoms with Crippen LogP contribution < -0.4 is 5.32 Å². The SMILES string of the molecule is CCOCC1CCN(C(=NC)NCc2cccc(C#N)c2)C1.I. The molecule has 1 unspecified atom stereocenters. The third-order valence-electron chi connectivity index (χ3n) is 3.86. The van der Waals surface area contributed by atoms with E-state index in [0.29, 0.717) is 18.0 Å². The maximum absolute atomic E-state index is 8.94. The summed E-state index contributed by atoms with van der Waals surface area (Å²) in [5.74, 6) is 1.50. The highest BCUT2D eigenvalue weighted by molar-refractivity contribution is 14.0. The van der Waals surface area contributed by atoms with Crippen molar-refractivity contribution in [1.82, 2.24) is 10.2 Å². The molecular formula is C17H25IN4O. The van der Waals surface area contributed by atoms with Crippen molar-refractivity contribution in [1.29, 1.82) is 5.26 Å². The number of halogens is 1. The van der Waals surface area contributed by atoms with Gasteiger partial charge in [0.15, 0.2) is 5.96 Å². The van der Waals surface area contributed by atoms with Crippen LogP contribution in [0.15, 0.2) is 29.3 Å². The van der Waals surface area contributed by atoms with E-state index in [4.69, 9.17) is 10.00 Å². The Bertz CT molecular complexity index is 556. The molecule has 1 fully saturated rings. The number of nitrogens with zero attached hydrogens (tertiary/aromatic N) is 3. The summed E-state index contributed by atoms with van der Waals surface area (Å²) in [4.78, 5) is 6.64. The zero-order valence-corrected chi connectivity index (χ0v) is 16.1. The molecule has 1 aliphatic heterocycles. The molecule has 0 aliphatic carbocycles. The summed E-state index contributed by atoms with van der Waals surface area (Å²) < 4.78 is 5.52. The van der Waals surface area contributed by atoms with Crippen LogP contribution in [0.4, 0.5) is 0 Å². The van der Waals surface area contributed by atoms with Crippen LogP contribution in [0.25, 0.3) is 0 Å². The highest BCUT2D eigenvalue weighted by Crippen LogP contribution is 2.16. The first-order valence-corrected chi connectivity index (χ1v) is 7.79. The average molecular weight is 428 g/mol. The Labute approximate surface area is 155 Å². The van der Waals surface area contributed by atoms with E-state index in [-0.39, 0.29) is 24.0 Å². The molecule has 1 saturated heterocycles. The van der Waals surface area contributed by atoms with Gasteiger partial charge in [0, 0.05) is 39.2 Å². The number of benzene rings is 1. The lowest BCUT2D eigenvalue weighted by atomic mass is 10.1. The summed E-state index contributed by atoms with van der Waals surface area (Å²) in [5.41, 5.74) is 1.78. The predicted molar refractivity (Wildman–Crippen MR) is 103 cm³/mol. The standard InChI is InChI=1S/C17H24N4O.HI/c1-3-22-13-16-7-8-21(12-16)17(19-2)20-11-15-6-4-5-14(9-15)10-18;/h4-6,9,16H,3,7-8,11-13H2,1-2H3,(H,19,20);1H. The van der Waals surface area contributed by atoms with Gasteiger partial charge in [-0.2, -0.15) is 5.26 Å². The van der Waals surface area contributed by atoms with Gasteiger partial charge in [-0.1, -0.05) is 12.1 Å². The van der Waals surface area contributed by atoms with Crippen LogP contribution in [0.2, 0.25) is 0 Å². The second-order valence-electron chi connectivity index (χ2n) is 5.47. The van der Waals surface area contributed by atoms with Crippen molar-refractivity contribution in [3.8, 4) is 6.07 Å². The normalized spacial score (nSPS) is 17.5. The molecule has 126 valence electrons. The van der Waals surface area contributed by atoms with E-state index in [1.807, 2.05) is 38.2 Å². The molecule has 0 aromatic heterocycles. The minimum Gasteiger partial charge on any atom is -0.381 e. The number of hydrogen-bond donors (Lipinski definition) is 1. The van der Waals surface area contributed by atoms with E-state index in [0.717, 1.165) is 44.2 Å². The van der Waals surface area contributed by atoms with E-state index in [2.05, 4.69) is 21.3 Å². The fraction of sp³-hybridized carbons (Fsp3) is 0.529. The molecule has 5 nitrogen and oxygen atoms in total. The molecule has 1 aromatic rings. The maximum atomic E-state index is 8.94. The van der Waals surface area contributed by atoms with Gasteiger partial charge in [0.25, 0.3) is 0 Å². The minimum atomic E-state index is 0. The van der Waals surface area contributed by atoms with Gasteiger partial charge in [0.1, 0.15) is 0 Å². The Balaban J connectivity index is 0.00000264. The Morgan fingerprint density at radius 2 is 2.35 bits per heavy atom. The zero-order chi connectivity index (χ0) is 15.8. The summed E-state index contributed by atoms with van der Waals surface area (Å²) in [5, 5.41) is 12.3. The number of aliphatic imine (C=N–C) groups is 1. The fourth-order valence-electron chi connectivity index (χ4n) is 2.71. The largest absolute Gasteiger partial charge is 0.381 e. The zero-order valence-electron chi connectivity index (χ0n) is 13.8. The minimum absolute atomic E-state index is 0. The maximum Gasteiger partial charge on any atom is 0.193 e. The lowest BCUT2D eigenvalue weighted by Gasteiger charge is -2.21. The Kier molecular flexibility index (Phi) is 8.95. The van der Waals surface area contributed by atoms with Crippen molar-refractivity contribution < 1.29 is 4.74 Å². The van der Waals surface area contributed by atoms with E-state index >= 15 is 0 Å². The molecule has 6 heteroatoms. The van der Waals surface area contributed by atoms with Crippen molar-refractivity contribution in [2.45, 2.75) is 19.9 Å². The summed E-state index contributed by atoms with van der Waals surface area (Å²) >= 11 is 0. The van der Waals surface area contributed by atoms with Crippen LogP contribution in [-0.4, -0.2) is 44.2 Å². The number of nitriles is 1. The van der Waals surface area contributed by atoms with E-state index in [1.165, 1.54) is 0 Å². The van der Waals surface area contributed by atoms with Gasteiger partial charge in [0.05, 0.1) is 18.2 Å². The topological polar surface area (TPSA) is 60.6 Å². The quantitative estimate of drug-likeness (QED) is 0.445. The van der Waals surface area contributed by atoms with Crippen LogP contribution in [0.1, 0.15) is 24.5 Å². The second-order valence-corrected chi connectivity index (χ2v) is 5.47. The molecule has 2 rings (SSSR count). The second kappa shape index (κ2) is 10.4. The van der Waals surface area contributed by atoms with Crippen molar-refractivity contribution in [3.05, 3.63) is 35.4 Å². The van der Waals surface area contributed by atoms with Crippen LogP contribution in [-0.2, 0) is 11.3 Å². The number of hydrogen-bond acceptors (Lipinski definition) is 3. The molecule has 0 saturated carbocycles. The first-order valence-electron chi connectivity index (χ1n) is 7.79. The summed E-state index contributed by atoms with van der Waals surface area (Å²) in [6.45, 7) is 6.30. The number of guanidine groups is 1. The van der Waals surface area contributed by atoms with Gasteiger partial charge in [-0.15, -0.1) is 24.0 Å². The lowest BCUT2D eigenvalue weighted by molar-refractivity contribution is 0.114. The summed E-state index contributed by atoms with van der Waals surface area (Å²) in [6.07, 6.45) is 1.14. The van der Waals surface area contributed by atoms with Gasteiger partial charge >= 0.3 is 0 Å². The van der Waals surface area contributed by atoms with Gasteiger partial charge < -0.3 is 15.0 Å². The molecule has 0 bridgehead atoms. The average Bonchev–Trinajstić information content (AvgIpc) is 3.02. The fourth-order valence-corrected chi connectivity index (χ4v) is 2.71. The monoisotopic (exact) mass is 428 g/mol. The van der Waals surface area contributed by atoms with Crippen molar-refractivity contribution in [3.63, 3.8) is 0 Å². The highest BCUT2D eigenvalue weighted by atomic mass is 127. The number of nitrogens with one attached hydrogen (secondary N) is 1. The van der Waals surface area contributed by atoms with Gasteiger partial charge in [-0.05, 0) is 31.0 Å². The molecule has 0 amide bonds. The molecule has 1 aliphatic rings. The molecule has 1 aromatic carbocycles. The Morgan fingerprint density at radius 3 is 3.04 bits per heavy atom. The van der Waals surface area contributed by atoms with Crippen LogP contribution in [0.3, 0.4) is 0 Å². The van der Waals surface area contributed by atoms with Crippen molar-refractivity contribution >= 4 is 29.9 Å². The van der Waals surface area contributed by atoms with Crippen molar-refractivity contribution in [2.75, 3.05) is 33.4 Å². The number of ether oxygens (including phenoxy) is 1. The van der Waals surface area contributed by atoms with E-state index in [1.54, 1.807) is 0 Å². The molecule has 0 spiro atoms. The predicted octanol–water partition coefficient (Wildman–Crippen LogP) is 2.61. The van der Waals surface area contributed by atoms with Gasteiger partial charge in [-0.25, -0.2) is 0 Å². The summed E-state index contributed by atoms with van der Waals surface area (Å²) in [6, 6.07) is 9.81. The molecule has 1 N–H and O–H groups in total. The Morgan fingerprint density at radius 1 is 1.52 bits per heavy atom. The molecule has 1 heterocycles.